The number of hydrogen-bond donors (Lipinski definition) is 2. The highest BCUT2D eigenvalue weighted by atomic mass is 32.2. The van der Waals surface area contributed by atoms with Gasteiger partial charge in [0.2, 0.25) is 0 Å². The fourth-order valence-corrected chi connectivity index (χ4v) is 3.29. The Hall–Kier alpha value is -2.01. The van der Waals surface area contributed by atoms with Crippen LogP contribution in [0.1, 0.15) is 12.0 Å². The minimum atomic E-state index is -1.08. The molecule has 5 heteroatoms. The van der Waals surface area contributed by atoms with E-state index in [0.29, 0.717) is 11.5 Å². The molecule has 0 heterocycles. The van der Waals surface area contributed by atoms with E-state index in [4.69, 9.17) is 10.2 Å². The lowest BCUT2D eigenvalue weighted by atomic mass is 10.1. The average Bonchev–Trinajstić information content (AvgIpc) is 2.46. The Labute approximate surface area is 126 Å². The summed E-state index contributed by atoms with van der Waals surface area (Å²) in [5, 5.41) is 20.0. The summed E-state index contributed by atoms with van der Waals surface area (Å²) < 4.78 is 0. The van der Waals surface area contributed by atoms with Gasteiger partial charge in [0.05, 0.1) is 12.3 Å². The van der Waals surface area contributed by atoms with Crippen LogP contribution >= 0.6 is 11.8 Å². The summed E-state index contributed by atoms with van der Waals surface area (Å²) >= 11 is 1.46. The van der Waals surface area contributed by atoms with Crippen molar-refractivity contribution in [3.05, 3.63) is 48.0 Å². The SMILES string of the molecule is O=C(O)CC(CSCc1cccc2ccccc12)C(=O)O. The zero-order valence-electron chi connectivity index (χ0n) is 11.4. The molecule has 0 saturated heterocycles. The minimum absolute atomic E-state index is 0.296. The van der Waals surface area contributed by atoms with Gasteiger partial charge >= 0.3 is 11.9 Å². The molecule has 0 amide bonds. The van der Waals surface area contributed by atoms with Crippen LogP contribution in [-0.4, -0.2) is 27.9 Å². The lowest BCUT2D eigenvalue weighted by molar-refractivity contribution is -0.147. The Kier molecular flexibility index (Phi) is 5.22. The van der Waals surface area contributed by atoms with E-state index >= 15 is 0 Å². The van der Waals surface area contributed by atoms with Crippen LogP contribution in [0.5, 0.6) is 0 Å². The zero-order valence-corrected chi connectivity index (χ0v) is 12.2. The van der Waals surface area contributed by atoms with Crippen LogP contribution in [-0.2, 0) is 15.3 Å². The van der Waals surface area contributed by atoms with Crippen molar-refractivity contribution in [3.63, 3.8) is 0 Å². The minimum Gasteiger partial charge on any atom is -0.481 e. The van der Waals surface area contributed by atoms with Gasteiger partial charge in [-0.05, 0) is 16.3 Å². The number of rotatable bonds is 7. The van der Waals surface area contributed by atoms with Crippen LogP contribution in [0.4, 0.5) is 0 Å². The summed E-state index contributed by atoms with van der Waals surface area (Å²) in [5.41, 5.74) is 1.14. The molecule has 0 spiro atoms. The normalized spacial score (nSPS) is 12.2. The predicted octanol–water partition coefficient (Wildman–Crippen LogP) is 3.25. The third-order valence-electron chi connectivity index (χ3n) is 3.23. The van der Waals surface area contributed by atoms with E-state index in [1.807, 2.05) is 42.5 Å². The van der Waals surface area contributed by atoms with Gasteiger partial charge in [0.25, 0.3) is 0 Å². The Morgan fingerprint density at radius 3 is 2.48 bits per heavy atom. The lowest BCUT2D eigenvalue weighted by Crippen LogP contribution is -2.20. The molecular weight excluding hydrogens is 288 g/mol. The van der Waals surface area contributed by atoms with E-state index in [1.54, 1.807) is 0 Å². The van der Waals surface area contributed by atoms with Crippen LogP contribution < -0.4 is 0 Å². The Bertz CT molecular complexity index is 648. The van der Waals surface area contributed by atoms with Crippen molar-refractivity contribution in [3.8, 4) is 0 Å². The first-order chi connectivity index (χ1) is 10.1. The van der Waals surface area contributed by atoms with Crippen LogP contribution in [0.2, 0.25) is 0 Å². The van der Waals surface area contributed by atoms with Crippen molar-refractivity contribution in [2.24, 2.45) is 5.92 Å². The molecule has 2 aromatic carbocycles. The molecule has 21 heavy (non-hydrogen) atoms. The standard InChI is InChI=1S/C16H16O4S/c17-15(18)8-13(16(19)20)10-21-9-12-6-3-5-11-4-1-2-7-14(11)12/h1-7,13H,8-10H2,(H,17,18)(H,19,20). The molecule has 2 N–H and O–H groups in total. The van der Waals surface area contributed by atoms with Crippen molar-refractivity contribution in [2.75, 3.05) is 5.75 Å². The van der Waals surface area contributed by atoms with Crippen LogP contribution in [0.3, 0.4) is 0 Å². The molecule has 110 valence electrons. The van der Waals surface area contributed by atoms with Crippen molar-refractivity contribution in [2.45, 2.75) is 12.2 Å². The molecule has 2 rings (SSSR count). The molecule has 4 nitrogen and oxygen atoms in total. The molecule has 0 radical (unpaired) electrons. The van der Waals surface area contributed by atoms with Gasteiger partial charge in [-0.2, -0.15) is 11.8 Å². The van der Waals surface area contributed by atoms with Crippen molar-refractivity contribution >= 4 is 34.5 Å². The first kappa shape index (κ1) is 15.4. The second-order valence-corrected chi connectivity index (χ2v) is 5.82. The number of thioether (sulfide) groups is 1. The second-order valence-electron chi connectivity index (χ2n) is 4.79. The van der Waals surface area contributed by atoms with Crippen LogP contribution in [0, 0.1) is 5.92 Å². The van der Waals surface area contributed by atoms with Gasteiger partial charge in [-0.15, -0.1) is 0 Å². The summed E-state index contributed by atoms with van der Waals surface area (Å²) in [6, 6.07) is 14.1. The summed E-state index contributed by atoms with van der Waals surface area (Å²) in [6.45, 7) is 0. The third-order valence-corrected chi connectivity index (χ3v) is 4.38. The molecular formula is C16H16O4S. The number of benzene rings is 2. The number of fused-ring (bicyclic) bond motifs is 1. The smallest absolute Gasteiger partial charge is 0.307 e. The molecule has 1 unspecified atom stereocenters. The van der Waals surface area contributed by atoms with Gasteiger partial charge in [-0.25, -0.2) is 0 Å². The van der Waals surface area contributed by atoms with Gasteiger partial charge in [0.1, 0.15) is 0 Å². The summed E-state index contributed by atoms with van der Waals surface area (Å²) in [5.74, 6) is -2.01. The maximum Gasteiger partial charge on any atom is 0.307 e. The monoisotopic (exact) mass is 304 g/mol. The van der Waals surface area contributed by atoms with Gasteiger partial charge in [-0.1, -0.05) is 42.5 Å². The third kappa shape index (κ3) is 4.23. The fraction of sp³-hybridized carbons (Fsp3) is 0.250. The van der Waals surface area contributed by atoms with Crippen LogP contribution in [0.15, 0.2) is 42.5 Å². The Morgan fingerprint density at radius 2 is 1.76 bits per heavy atom. The highest BCUT2D eigenvalue weighted by Crippen LogP contribution is 2.24. The molecule has 0 bridgehead atoms. The average molecular weight is 304 g/mol. The van der Waals surface area contributed by atoms with E-state index in [1.165, 1.54) is 11.8 Å². The first-order valence-corrected chi connectivity index (χ1v) is 7.72. The first-order valence-electron chi connectivity index (χ1n) is 6.57. The molecule has 1 atom stereocenters. The fourth-order valence-electron chi connectivity index (χ4n) is 2.16. The van der Waals surface area contributed by atoms with Crippen molar-refractivity contribution in [1.29, 1.82) is 0 Å². The molecule has 0 aliphatic carbocycles. The van der Waals surface area contributed by atoms with E-state index in [-0.39, 0.29) is 6.42 Å². The van der Waals surface area contributed by atoms with E-state index in [2.05, 4.69) is 0 Å². The molecule has 0 saturated carbocycles. The number of hydrogen-bond acceptors (Lipinski definition) is 3. The van der Waals surface area contributed by atoms with E-state index in [0.717, 1.165) is 16.3 Å². The summed E-state index contributed by atoms with van der Waals surface area (Å²) in [4.78, 5) is 21.7. The van der Waals surface area contributed by atoms with Crippen molar-refractivity contribution in [1.82, 2.24) is 0 Å². The largest absolute Gasteiger partial charge is 0.481 e. The Morgan fingerprint density at radius 1 is 1.05 bits per heavy atom. The molecule has 0 aliphatic heterocycles. The molecule has 0 aromatic heterocycles. The number of carboxylic acids is 2. The predicted molar refractivity (Wildman–Crippen MR) is 83.5 cm³/mol. The lowest BCUT2D eigenvalue weighted by Gasteiger charge is -2.10. The van der Waals surface area contributed by atoms with E-state index in [9.17, 15) is 9.59 Å². The quantitative estimate of drug-likeness (QED) is 0.821. The van der Waals surface area contributed by atoms with Crippen molar-refractivity contribution < 1.29 is 19.8 Å². The number of carbonyl (C=O) groups is 2. The van der Waals surface area contributed by atoms with Gasteiger partial charge < -0.3 is 10.2 Å². The summed E-state index contributed by atoms with van der Waals surface area (Å²) in [6.07, 6.45) is -0.335. The highest BCUT2D eigenvalue weighted by molar-refractivity contribution is 7.98. The maximum absolute atomic E-state index is 11.0. The van der Waals surface area contributed by atoms with Gasteiger partial charge in [0, 0.05) is 11.5 Å². The number of aliphatic carboxylic acids is 2. The molecule has 2 aromatic rings. The Balaban J connectivity index is 2.01. The zero-order chi connectivity index (χ0) is 15.2. The van der Waals surface area contributed by atoms with Gasteiger partial charge in [-0.3, -0.25) is 9.59 Å². The topological polar surface area (TPSA) is 74.6 Å². The van der Waals surface area contributed by atoms with Crippen LogP contribution in [0.25, 0.3) is 10.8 Å². The molecule has 0 fully saturated rings. The maximum atomic E-state index is 11.0. The molecule has 0 aliphatic rings. The highest BCUT2D eigenvalue weighted by Gasteiger charge is 2.20. The summed E-state index contributed by atoms with van der Waals surface area (Å²) in [7, 11) is 0. The number of carboxylic acid groups (broad SMARTS) is 2. The second kappa shape index (κ2) is 7.13. The van der Waals surface area contributed by atoms with E-state index < -0.39 is 17.9 Å². The van der Waals surface area contributed by atoms with Gasteiger partial charge in [0.15, 0.2) is 0 Å².